The Morgan fingerprint density at radius 2 is 2.33 bits per heavy atom. The molecule has 21 heavy (non-hydrogen) atoms. The van der Waals surface area contributed by atoms with E-state index in [1.54, 1.807) is 17.5 Å². The summed E-state index contributed by atoms with van der Waals surface area (Å²) in [6.07, 6.45) is 0.707. The average Bonchev–Trinajstić information content (AvgIpc) is 2.87. The molecule has 6 heteroatoms. The smallest absolute Gasteiger partial charge is 0.226 e. The van der Waals surface area contributed by atoms with Crippen LogP contribution in [-0.2, 0) is 11.2 Å². The van der Waals surface area contributed by atoms with Crippen LogP contribution < -0.4 is 5.32 Å². The van der Waals surface area contributed by atoms with Gasteiger partial charge in [-0.1, -0.05) is 12.1 Å². The van der Waals surface area contributed by atoms with Gasteiger partial charge in [0.15, 0.2) is 0 Å². The molecule has 0 radical (unpaired) electrons. The van der Waals surface area contributed by atoms with Gasteiger partial charge in [-0.25, -0.2) is 9.37 Å². The Morgan fingerprint density at radius 1 is 1.52 bits per heavy atom. The first-order chi connectivity index (χ1) is 10.1. The van der Waals surface area contributed by atoms with E-state index in [0.29, 0.717) is 22.7 Å². The number of amides is 1. The van der Waals surface area contributed by atoms with Gasteiger partial charge >= 0.3 is 0 Å². The Kier molecular flexibility index (Phi) is 5.41. The Hall–Kier alpha value is -1.79. The lowest BCUT2D eigenvalue weighted by atomic mass is 10.2. The highest BCUT2D eigenvalue weighted by Gasteiger charge is 2.11. The zero-order valence-corrected chi connectivity index (χ0v) is 12.5. The van der Waals surface area contributed by atoms with E-state index in [4.69, 9.17) is 5.11 Å². The van der Waals surface area contributed by atoms with Gasteiger partial charge in [0.2, 0.25) is 5.91 Å². The van der Waals surface area contributed by atoms with Crippen LogP contribution in [0.3, 0.4) is 0 Å². The molecule has 1 atom stereocenters. The fourth-order valence-electron chi connectivity index (χ4n) is 1.90. The quantitative estimate of drug-likeness (QED) is 0.861. The average molecular weight is 308 g/mol. The van der Waals surface area contributed by atoms with Gasteiger partial charge in [0.05, 0.1) is 12.1 Å². The van der Waals surface area contributed by atoms with Crippen molar-refractivity contribution < 1.29 is 14.3 Å². The van der Waals surface area contributed by atoms with Crippen molar-refractivity contribution in [2.24, 2.45) is 0 Å². The second-order valence-electron chi connectivity index (χ2n) is 4.81. The highest BCUT2D eigenvalue weighted by molar-refractivity contribution is 7.13. The molecule has 2 rings (SSSR count). The van der Waals surface area contributed by atoms with Crippen LogP contribution in [0.5, 0.6) is 0 Å². The highest BCUT2D eigenvalue weighted by Crippen LogP contribution is 2.24. The maximum atomic E-state index is 13.2. The van der Waals surface area contributed by atoms with Gasteiger partial charge in [0, 0.05) is 23.6 Å². The lowest BCUT2D eigenvalue weighted by Crippen LogP contribution is -2.34. The molecule has 112 valence electrons. The van der Waals surface area contributed by atoms with Crippen LogP contribution >= 0.6 is 11.3 Å². The van der Waals surface area contributed by atoms with Gasteiger partial charge < -0.3 is 10.4 Å². The molecule has 0 fully saturated rings. The van der Waals surface area contributed by atoms with E-state index in [9.17, 15) is 9.18 Å². The third kappa shape index (κ3) is 4.61. The molecule has 0 bridgehead atoms. The third-order valence-corrected chi connectivity index (χ3v) is 3.87. The number of aliphatic hydroxyl groups excluding tert-OH is 1. The number of thiazole rings is 1. The summed E-state index contributed by atoms with van der Waals surface area (Å²) >= 11 is 1.38. The number of carbonyl (C=O) groups is 1. The van der Waals surface area contributed by atoms with Crippen LogP contribution in [0.2, 0.25) is 0 Å². The van der Waals surface area contributed by atoms with Gasteiger partial charge in [-0.3, -0.25) is 4.79 Å². The number of benzene rings is 1. The Labute approximate surface area is 126 Å². The Bertz CT molecular complexity index is 615. The first kappa shape index (κ1) is 15.6. The lowest BCUT2D eigenvalue weighted by molar-refractivity contribution is -0.121. The molecule has 0 aliphatic carbocycles. The standard InChI is InChI=1S/C15H17FN2O2S/c1-10(5-6-19)17-14(20)8-13-9-21-15(18-13)11-3-2-4-12(16)7-11/h2-4,7,9-10,19H,5-6,8H2,1H3,(H,17,20). The van der Waals surface area contributed by atoms with Crippen molar-refractivity contribution >= 4 is 17.2 Å². The molecule has 1 amide bonds. The first-order valence-corrected chi connectivity index (χ1v) is 7.57. The maximum Gasteiger partial charge on any atom is 0.226 e. The van der Waals surface area contributed by atoms with E-state index in [1.807, 2.05) is 6.92 Å². The lowest BCUT2D eigenvalue weighted by Gasteiger charge is -2.11. The Balaban J connectivity index is 1.99. The number of hydrogen-bond donors (Lipinski definition) is 2. The second kappa shape index (κ2) is 7.28. The van der Waals surface area contributed by atoms with Crippen molar-refractivity contribution in [2.75, 3.05) is 6.61 Å². The third-order valence-electron chi connectivity index (χ3n) is 2.93. The minimum Gasteiger partial charge on any atom is -0.396 e. The van der Waals surface area contributed by atoms with E-state index in [2.05, 4.69) is 10.3 Å². The van der Waals surface area contributed by atoms with Crippen LogP contribution in [0.25, 0.3) is 10.6 Å². The summed E-state index contributed by atoms with van der Waals surface area (Å²) in [6.45, 7) is 1.88. The van der Waals surface area contributed by atoms with Gasteiger partial charge in [0.25, 0.3) is 0 Å². The van der Waals surface area contributed by atoms with E-state index in [1.165, 1.54) is 23.5 Å². The maximum absolute atomic E-state index is 13.2. The highest BCUT2D eigenvalue weighted by atomic mass is 32.1. The van der Waals surface area contributed by atoms with Gasteiger partial charge in [-0.05, 0) is 25.5 Å². The first-order valence-electron chi connectivity index (χ1n) is 6.69. The minimum absolute atomic E-state index is 0.0435. The molecule has 0 aliphatic heterocycles. The SMILES string of the molecule is CC(CCO)NC(=O)Cc1csc(-c2cccc(F)c2)n1. The van der Waals surface area contributed by atoms with Crippen molar-refractivity contribution in [3.8, 4) is 10.6 Å². The summed E-state index contributed by atoms with van der Waals surface area (Å²) in [5.41, 5.74) is 1.37. The number of nitrogens with zero attached hydrogens (tertiary/aromatic N) is 1. The van der Waals surface area contributed by atoms with Gasteiger partial charge in [0.1, 0.15) is 10.8 Å². The summed E-state index contributed by atoms with van der Waals surface area (Å²) in [5, 5.41) is 14.1. The zero-order valence-electron chi connectivity index (χ0n) is 11.7. The summed E-state index contributed by atoms with van der Waals surface area (Å²) < 4.78 is 13.2. The minimum atomic E-state index is -0.306. The fourth-order valence-corrected chi connectivity index (χ4v) is 2.72. The number of hydrogen-bond acceptors (Lipinski definition) is 4. The number of nitrogens with one attached hydrogen (secondary N) is 1. The molecular formula is C15H17FN2O2S. The van der Waals surface area contributed by atoms with Gasteiger partial charge in [-0.15, -0.1) is 11.3 Å². The normalized spacial score (nSPS) is 12.1. The predicted molar refractivity (Wildman–Crippen MR) is 80.5 cm³/mol. The number of carbonyl (C=O) groups excluding carboxylic acids is 1. The van der Waals surface area contributed by atoms with Crippen LogP contribution in [0, 0.1) is 5.82 Å². The number of halogens is 1. The summed E-state index contributed by atoms with van der Waals surface area (Å²) in [6, 6.07) is 6.16. The molecule has 0 spiro atoms. The number of aliphatic hydroxyl groups is 1. The molecule has 1 heterocycles. The molecule has 4 nitrogen and oxygen atoms in total. The van der Waals surface area contributed by atoms with Crippen molar-refractivity contribution in [1.82, 2.24) is 10.3 Å². The molecule has 0 saturated carbocycles. The molecule has 1 aromatic heterocycles. The van der Waals surface area contributed by atoms with Crippen molar-refractivity contribution in [3.63, 3.8) is 0 Å². The monoisotopic (exact) mass is 308 g/mol. The van der Waals surface area contributed by atoms with Gasteiger partial charge in [-0.2, -0.15) is 0 Å². The topological polar surface area (TPSA) is 62.2 Å². The number of rotatable bonds is 6. The van der Waals surface area contributed by atoms with Crippen LogP contribution in [0.15, 0.2) is 29.6 Å². The molecule has 2 aromatic rings. The number of aromatic nitrogens is 1. The molecular weight excluding hydrogens is 291 g/mol. The predicted octanol–water partition coefficient (Wildman–Crippen LogP) is 2.38. The second-order valence-corrected chi connectivity index (χ2v) is 5.67. The molecule has 0 aliphatic rings. The van der Waals surface area contributed by atoms with Crippen molar-refractivity contribution in [1.29, 1.82) is 0 Å². The van der Waals surface area contributed by atoms with E-state index in [-0.39, 0.29) is 30.8 Å². The van der Waals surface area contributed by atoms with E-state index < -0.39 is 0 Å². The fraction of sp³-hybridized carbons (Fsp3) is 0.333. The van der Waals surface area contributed by atoms with Crippen LogP contribution in [0.1, 0.15) is 19.0 Å². The van der Waals surface area contributed by atoms with Crippen LogP contribution in [0.4, 0.5) is 4.39 Å². The van der Waals surface area contributed by atoms with E-state index in [0.717, 1.165) is 0 Å². The summed E-state index contributed by atoms with van der Waals surface area (Å²) in [7, 11) is 0. The van der Waals surface area contributed by atoms with Crippen LogP contribution in [-0.4, -0.2) is 28.6 Å². The largest absolute Gasteiger partial charge is 0.396 e. The molecule has 0 saturated heterocycles. The molecule has 1 aromatic carbocycles. The molecule has 2 N–H and O–H groups in total. The molecule has 1 unspecified atom stereocenters. The summed E-state index contributed by atoms with van der Waals surface area (Å²) in [4.78, 5) is 16.2. The zero-order chi connectivity index (χ0) is 15.2. The van der Waals surface area contributed by atoms with Crippen molar-refractivity contribution in [3.05, 3.63) is 41.2 Å². The summed E-state index contributed by atoms with van der Waals surface area (Å²) in [5.74, 6) is -0.438. The Morgan fingerprint density at radius 3 is 3.05 bits per heavy atom. The van der Waals surface area contributed by atoms with Crippen molar-refractivity contribution in [2.45, 2.75) is 25.8 Å². The van der Waals surface area contributed by atoms with E-state index >= 15 is 0 Å².